The number of unbranched alkanes of at least 4 members (excludes halogenated alkanes) is 16. The van der Waals surface area contributed by atoms with Crippen molar-refractivity contribution < 1.29 is 57.0 Å². The van der Waals surface area contributed by atoms with Crippen LogP contribution in [-0.2, 0) is 28.9 Å². The number of nitrogens with one attached hydrogen (secondary N) is 1. The molecular formula is C40H73NO12S. The lowest BCUT2D eigenvalue weighted by atomic mass is 9.99. The van der Waals surface area contributed by atoms with Gasteiger partial charge in [-0.25, -0.2) is 4.18 Å². The van der Waals surface area contributed by atoms with Crippen LogP contribution in [0.5, 0.6) is 0 Å². The molecule has 0 aliphatic carbocycles. The van der Waals surface area contributed by atoms with Crippen LogP contribution >= 0.6 is 0 Å². The number of hydrogen-bond donors (Lipinski definition) is 7. The topological polar surface area (TPSA) is 212 Å². The highest BCUT2D eigenvalue weighted by Crippen LogP contribution is 2.26. The smallest absolute Gasteiger partial charge is 0.394 e. The van der Waals surface area contributed by atoms with Gasteiger partial charge in [0.05, 0.1) is 25.4 Å². The fourth-order valence-corrected chi connectivity index (χ4v) is 6.71. The Bertz CT molecular complexity index is 1130. The third-order valence-electron chi connectivity index (χ3n) is 9.50. The van der Waals surface area contributed by atoms with Crippen molar-refractivity contribution in [3.05, 3.63) is 36.5 Å². The molecule has 13 nitrogen and oxygen atoms in total. The Morgan fingerprint density at radius 1 is 0.759 bits per heavy atom. The van der Waals surface area contributed by atoms with Gasteiger partial charge in [-0.15, -0.1) is 0 Å². The Labute approximate surface area is 325 Å². The van der Waals surface area contributed by atoms with E-state index in [9.17, 15) is 38.7 Å². The predicted octanol–water partition coefficient (Wildman–Crippen LogP) is 5.74. The summed E-state index contributed by atoms with van der Waals surface area (Å²) in [5, 5.41) is 54.3. The summed E-state index contributed by atoms with van der Waals surface area (Å²) < 4.78 is 46.9. The van der Waals surface area contributed by atoms with Crippen LogP contribution in [-0.4, -0.2) is 107 Å². The second-order valence-electron chi connectivity index (χ2n) is 14.4. The Kier molecular flexibility index (Phi) is 29.2. The van der Waals surface area contributed by atoms with Gasteiger partial charge in [0.2, 0.25) is 5.91 Å². The summed E-state index contributed by atoms with van der Waals surface area (Å²) in [6, 6.07) is -1.12. The zero-order valence-corrected chi connectivity index (χ0v) is 33.7. The SMILES string of the molecule is CCC/C=C/C(O)C(COC1OC(CO)C(O)C(OS(=O)(=O)O)C1O)NC(=O)C(O)CCCCCCCC/C=C\C/C=C\CCCCCCCCCCC. The van der Waals surface area contributed by atoms with E-state index < -0.39 is 78.5 Å². The first-order valence-electron chi connectivity index (χ1n) is 20.5. The van der Waals surface area contributed by atoms with E-state index in [-0.39, 0.29) is 6.42 Å². The molecule has 0 aromatic carbocycles. The van der Waals surface area contributed by atoms with Crippen LogP contribution in [0.1, 0.15) is 149 Å². The number of ether oxygens (including phenoxy) is 2. The van der Waals surface area contributed by atoms with Crippen LogP contribution in [0.4, 0.5) is 0 Å². The van der Waals surface area contributed by atoms with E-state index in [1.54, 1.807) is 6.08 Å². The molecule has 7 N–H and O–H groups in total. The summed E-state index contributed by atoms with van der Waals surface area (Å²) in [5.74, 6) is -0.724. The molecule has 0 aromatic rings. The van der Waals surface area contributed by atoms with Gasteiger partial charge < -0.3 is 40.3 Å². The Hall–Kier alpha value is -1.72. The van der Waals surface area contributed by atoms with Crippen molar-refractivity contribution in [2.45, 2.75) is 198 Å². The molecule has 0 spiro atoms. The molecule has 0 radical (unpaired) electrons. The molecule has 1 saturated heterocycles. The molecule has 14 heteroatoms. The van der Waals surface area contributed by atoms with Crippen LogP contribution in [0.2, 0.25) is 0 Å². The zero-order chi connectivity index (χ0) is 40.0. The first kappa shape index (κ1) is 50.3. The lowest BCUT2D eigenvalue weighted by Crippen LogP contribution is -2.61. The number of allylic oxidation sites excluding steroid dienone is 5. The Morgan fingerprint density at radius 3 is 1.85 bits per heavy atom. The molecule has 8 atom stereocenters. The molecule has 1 amide bonds. The van der Waals surface area contributed by atoms with Crippen LogP contribution in [0, 0.1) is 0 Å². The van der Waals surface area contributed by atoms with Crippen molar-refractivity contribution in [3.8, 4) is 0 Å². The number of carbonyl (C=O) groups excluding carboxylic acids is 1. The quantitative estimate of drug-likeness (QED) is 0.0241. The largest absolute Gasteiger partial charge is 0.397 e. The summed E-state index contributed by atoms with van der Waals surface area (Å²) >= 11 is 0. The van der Waals surface area contributed by atoms with Crippen molar-refractivity contribution in [1.82, 2.24) is 5.32 Å². The molecule has 1 aliphatic rings. The number of amides is 1. The van der Waals surface area contributed by atoms with Gasteiger partial charge in [-0.05, 0) is 44.9 Å². The van der Waals surface area contributed by atoms with E-state index in [0.717, 1.165) is 51.4 Å². The average Bonchev–Trinajstić information content (AvgIpc) is 3.13. The maximum Gasteiger partial charge on any atom is 0.397 e. The maximum atomic E-state index is 12.9. The summed E-state index contributed by atoms with van der Waals surface area (Å²) in [5.41, 5.74) is 0. The fraction of sp³-hybridized carbons (Fsp3) is 0.825. The molecule has 0 saturated carbocycles. The fourth-order valence-electron chi connectivity index (χ4n) is 6.20. The number of aliphatic hydroxyl groups excluding tert-OH is 5. The van der Waals surface area contributed by atoms with Gasteiger partial charge in [-0.2, -0.15) is 8.42 Å². The van der Waals surface area contributed by atoms with Gasteiger partial charge in [0.15, 0.2) is 6.29 Å². The summed E-state index contributed by atoms with van der Waals surface area (Å²) in [6.45, 7) is 2.93. The van der Waals surface area contributed by atoms with Crippen LogP contribution in [0.3, 0.4) is 0 Å². The Balaban J connectivity index is 2.35. The number of hydrogen-bond acceptors (Lipinski definition) is 11. The molecular weight excluding hydrogens is 719 g/mol. The molecule has 1 heterocycles. The monoisotopic (exact) mass is 791 g/mol. The van der Waals surface area contributed by atoms with E-state index >= 15 is 0 Å². The molecule has 1 aliphatic heterocycles. The zero-order valence-electron chi connectivity index (χ0n) is 32.9. The van der Waals surface area contributed by atoms with Gasteiger partial charge in [0.1, 0.15) is 30.5 Å². The highest BCUT2D eigenvalue weighted by Gasteiger charge is 2.48. The lowest BCUT2D eigenvalue weighted by molar-refractivity contribution is -0.298. The number of carbonyl (C=O) groups is 1. The molecule has 1 fully saturated rings. The van der Waals surface area contributed by atoms with Crippen molar-refractivity contribution >= 4 is 16.3 Å². The Morgan fingerprint density at radius 2 is 1.31 bits per heavy atom. The third-order valence-corrected chi connectivity index (χ3v) is 9.97. The molecule has 8 unspecified atom stereocenters. The minimum absolute atomic E-state index is 0.228. The number of rotatable bonds is 33. The van der Waals surface area contributed by atoms with Crippen molar-refractivity contribution in [2.24, 2.45) is 0 Å². The minimum Gasteiger partial charge on any atom is -0.394 e. The number of aliphatic hydroxyl groups is 5. The first-order valence-corrected chi connectivity index (χ1v) is 21.8. The van der Waals surface area contributed by atoms with E-state index in [1.807, 2.05) is 6.92 Å². The standard InChI is InChI=1S/C40H73NO12S/c1-3-5-7-8-9-10-11-12-13-14-15-16-17-18-19-20-21-22-23-24-25-27-29-34(44)39(47)41-32(33(43)28-26-6-4-2)31-51-40-37(46)38(53-54(48,49)50)36(45)35(30-42)52-40/h15-16,18-19,26,28,32-38,40,42-46H,3-14,17,20-25,27,29-31H2,1-2H3,(H,41,47)(H,48,49,50)/b16-15-,19-18-,28-26+. The molecule has 0 aromatic heterocycles. The normalized spacial score (nSPS) is 22.7. The molecule has 316 valence electrons. The second kappa shape index (κ2) is 31.4. The second-order valence-corrected chi connectivity index (χ2v) is 15.4. The van der Waals surface area contributed by atoms with Crippen molar-refractivity contribution in [1.29, 1.82) is 0 Å². The average molecular weight is 792 g/mol. The van der Waals surface area contributed by atoms with E-state index in [0.29, 0.717) is 12.8 Å². The lowest BCUT2D eigenvalue weighted by Gasteiger charge is -2.41. The highest BCUT2D eigenvalue weighted by atomic mass is 32.3. The first-order chi connectivity index (χ1) is 25.9. The van der Waals surface area contributed by atoms with Gasteiger partial charge >= 0.3 is 10.4 Å². The summed E-state index contributed by atoms with van der Waals surface area (Å²) in [4.78, 5) is 12.9. The summed E-state index contributed by atoms with van der Waals surface area (Å²) in [6.07, 6.45) is 23.7. The van der Waals surface area contributed by atoms with Crippen LogP contribution in [0.25, 0.3) is 0 Å². The minimum atomic E-state index is -5.11. The van der Waals surface area contributed by atoms with Gasteiger partial charge in [0, 0.05) is 0 Å². The van der Waals surface area contributed by atoms with Crippen LogP contribution in [0.15, 0.2) is 36.5 Å². The predicted molar refractivity (Wildman–Crippen MR) is 210 cm³/mol. The van der Waals surface area contributed by atoms with E-state index in [1.165, 1.54) is 70.3 Å². The van der Waals surface area contributed by atoms with E-state index in [4.69, 9.17) is 14.0 Å². The van der Waals surface area contributed by atoms with Gasteiger partial charge in [-0.1, -0.05) is 140 Å². The van der Waals surface area contributed by atoms with Gasteiger partial charge in [-0.3, -0.25) is 9.35 Å². The van der Waals surface area contributed by atoms with Gasteiger partial charge in [0.25, 0.3) is 0 Å². The van der Waals surface area contributed by atoms with Crippen LogP contribution < -0.4 is 5.32 Å². The third kappa shape index (κ3) is 24.0. The molecule has 54 heavy (non-hydrogen) atoms. The van der Waals surface area contributed by atoms with Crippen molar-refractivity contribution in [3.63, 3.8) is 0 Å². The summed E-state index contributed by atoms with van der Waals surface area (Å²) in [7, 11) is -5.11. The molecule has 0 bridgehead atoms. The van der Waals surface area contributed by atoms with Crippen molar-refractivity contribution in [2.75, 3.05) is 13.2 Å². The van der Waals surface area contributed by atoms with E-state index in [2.05, 4.69) is 40.7 Å². The highest BCUT2D eigenvalue weighted by molar-refractivity contribution is 7.80. The molecule has 1 rings (SSSR count). The maximum absolute atomic E-state index is 12.9.